The lowest BCUT2D eigenvalue weighted by atomic mass is 9.94. The van der Waals surface area contributed by atoms with Crippen molar-refractivity contribution in [1.29, 1.82) is 0 Å². The predicted molar refractivity (Wildman–Crippen MR) is 83.3 cm³/mol. The standard InChI is InChI=1S/C13H19IN4O/c1-9(19)18-6-4-5-10(8-18)12-11(14)7-15-13(16-12)17(2)3/h7,10H,4-6,8H2,1-3H3/t10-/m0/s1. The van der Waals surface area contributed by atoms with Gasteiger partial charge in [0.25, 0.3) is 0 Å². The number of carbonyl (C=O) groups is 1. The minimum atomic E-state index is 0.154. The molecule has 0 saturated carbocycles. The van der Waals surface area contributed by atoms with Crippen molar-refractivity contribution >= 4 is 34.4 Å². The van der Waals surface area contributed by atoms with Crippen molar-refractivity contribution in [3.05, 3.63) is 15.5 Å². The minimum absolute atomic E-state index is 0.154. The Morgan fingerprint density at radius 1 is 1.53 bits per heavy atom. The molecule has 6 heteroatoms. The predicted octanol–water partition coefficient (Wildman–Crippen LogP) is 1.87. The molecule has 1 aliphatic rings. The maximum Gasteiger partial charge on any atom is 0.225 e. The number of hydrogen-bond acceptors (Lipinski definition) is 4. The molecular formula is C13H19IN4O. The van der Waals surface area contributed by atoms with E-state index in [9.17, 15) is 4.79 Å². The van der Waals surface area contributed by atoms with Gasteiger partial charge in [-0.05, 0) is 35.4 Å². The molecule has 5 nitrogen and oxygen atoms in total. The number of likely N-dealkylation sites (tertiary alicyclic amines) is 1. The molecule has 1 amide bonds. The first-order valence-electron chi connectivity index (χ1n) is 6.44. The second-order valence-electron chi connectivity index (χ2n) is 5.10. The van der Waals surface area contributed by atoms with Gasteiger partial charge in [-0.2, -0.15) is 0 Å². The van der Waals surface area contributed by atoms with E-state index in [4.69, 9.17) is 0 Å². The lowest BCUT2D eigenvalue weighted by molar-refractivity contribution is -0.130. The van der Waals surface area contributed by atoms with E-state index in [1.54, 1.807) is 6.92 Å². The van der Waals surface area contributed by atoms with Crippen molar-refractivity contribution in [2.45, 2.75) is 25.7 Å². The molecule has 1 aliphatic heterocycles. The highest BCUT2D eigenvalue weighted by Gasteiger charge is 2.26. The van der Waals surface area contributed by atoms with E-state index in [2.05, 4.69) is 32.6 Å². The fourth-order valence-electron chi connectivity index (χ4n) is 2.36. The van der Waals surface area contributed by atoms with Crippen molar-refractivity contribution in [1.82, 2.24) is 14.9 Å². The topological polar surface area (TPSA) is 49.3 Å². The molecule has 0 aromatic carbocycles. The first-order chi connectivity index (χ1) is 8.99. The number of aromatic nitrogens is 2. The number of piperidine rings is 1. The van der Waals surface area contributed by atoms with Gasteiger partial charge < -0.3 is 9.80 Å². The number of carbonyl (C=O) groups excluding carboxylic acids is 1. The van der Waals surface area contributed by atoms with Gasteiger partial charge in [0.05, 0.1) is 9.26 Å². The first kappa shape index (κ1) is 14.5. The third kappa shape index (κ3) is 3.34. The van der Waals surface area contributed by atoms with E-state index in [1.807, 2.05) is 30.1 Å². The first-order valence-corrected chi connectivity index (χ1v) is 7.52. The second kappa shape index (κ2) is 6.02. The van der Waals surface area contributed by atoms with Gasteiger partial charge in [-0.15, -0.1) is 0 Å². The van der Waals surface area contributed by atoms with Gasteiger partial charge >= 0.3 is 0 Å². The summed E-state index contributed by atoms with van der Waals surface area (Å²) in [7, 11) is 3.88. The summed E-state index contributed by atoms with van der Waals surface area (Å²) in [5.41, 5.74) is 1.07. The van der Waals surface area contributed by atoms with E-state index in [-0.39, 0.29) is 5.91 Å². The van der Waals surface area contributed by atoms with Gasteiger partial charge in [-0.25, -0.2) is 9.97 Å². The van der Waals surface area contributed by atoms with Crippen LogP contribution in [-0.4, -0.2) is 48.0 Å². The zero-order valence-corrected chi connectivity index (χ0v) is 13.7. The molecule has 1 aromatic rings. The van der Waals surface area contributed by atoms with Crippen LogP contribution in [0.25, 0.3) is 0 Å². The molecule has 2 rings (SSSR count). The largest absolute Gasteiger partial charge is 0.347 e. The molecule has 19 heavy (non-hydrogen) atoms. The monoisotopic (exact) mass is 374 g/mol. The average Bonchev–Trinajstić information content (AvgIpc) is 2.39. The van der Waals surface area contributed by atoms with Crippen molar-refractivity contribution in [2.24, 2.45) is 0 Å². The molecule has 1 aromatic heterocycles. The Labute approximate surface area is 127 Å². The summed E-state index contributed by atoms with van der Waals surface area (Å²) >= 11 is 2.28. The highest BCUT2D eigenvalue weighted by Crippen LogP contribution is 2.29. The normalized spacial score (nSPS) is 19.4. The number of amides is 1. The maximum absolute atomic E-state index is 11.5. The van der Waals surface area contributed by atoms with Crippen LogP contribution in [0.5, 0.6) is 0 Å². The fourth-order valence-corrected chi connectivity index (χ4v) is 3.06. The summed E-state index contributed by atoms with van der Waals surface area (Å²) in [6, 6.07) is 0. The van der Waals surface area contributed by atoms with Crippen molar-refractivity contribution in [3.63, 3.8) is 0 Å². The molecule has 0 bridgehead atoms. The van der Waals surface area contributed by atoms with Gasteiger partial charge in [-0.3, -0.25) is 4.79 Å². The quantitative estimate of drug-likeness (QED) is 0.742. The van der Waals surface area contributed by atoms with Crippen molar-refractivity contribution < 1.29 is 4.79 Å². The van der Waals surface area contributed by atoms with E-state index in [0.717, 1.165) is 41.1 Å². The molecule has 0 unspecified atom stereocenters. The van der Waals surface area contributed by atoms with Crippen LogP contribution in [0.3, 0.4) is 0 Å². The smallest absolute Gasteiger partial charge is 0.225 e. The fraction of sp³-hybridized carbons (Fsp3) is 0.615. The van der Waals surface area contributed by atoms with Crippen LogP contribution in [-0.2, 0) is 4.79 Å². The lowest BCUT2D eigenvalue weighted by Gasteiger charge is -2.32. The van der Waals surface area contributed by atoms with Gasteiger partial charge in [0, 0.05) is 46.2 Å². The summed E-state index contributed by atoms with van der Waals surface area (Å²) in [6.07, 6.45) is 4.00. The highest BCUT2D eigenvalue weighted by molar-refractivity contribution is 14.1. The van der Waals surface area contributed by atoms with Gasteiger partial charge in [0.2, 0.25) is 11.9 Å². The molecule has 104 valence electrons. The summed E-state index contributed by atoms with van der Waals surface area (Å²) in [5.74, 6) is 1.21. The Balaban J connectivity index is 2.25. The highest BCUT2D eigenvalue weighted by atomic mass is 127. The maximum atomic E-state index is 11.5. The van der Waals surface area contributed by atoms with E-state index < -0.39 is 0 Å². The number of anilines is 1. The number of nitrogens with zero attached hydrogens (tertiary/aromatic N) is 4. The molecule has 0 spiro atoms. The zero-order chi connectivity index (χ0) is 14.0. The Hall–Kier alpha value is -0.920. The Bertz CT molecular complexity index is 478. The summed E-state index contributed by atoms with van der Waals surface area (Å²) < 4.78 is 1.08. The van der Waals surface area contributed by atoms with Crippen LogP contribution in [0.1, 0.15) is 31.4 Å². The van der Waals surface area contributed by atoms with E-state index in [0.29, 0.717) is 5.92 Å². The number of hydrogen-bond donors (Lipinski definition) is 0. The third-order valence-electron chi connectivity index (χ3n) is 3.41. The van der Waals surface area contributed by atoms with Crippen LogP contribution in [0.2, 0.25) is 0 Å². The molecule has 2 heterocycles. The third-order valence-corrected chi connectivity index (χ3v) is 4.24. The van der Waals surface area contributed by atoms with Gasteiger partial charge in [-0.1, -0.05) is 0 Å². The molecule has 1 fully saturated rings. The molecular weight excluding hydrogens is 355 g/mol. The van der Waals surface area contributed by atoms with Crippen LogP contribution in [0.4, 0.5) is 5.95 Å². The van der Waals surface area contributed by atoms with Crippen LogP contribution >= 0.6 is 22.6 Å². The average molecular weight is 374 g/mol. The van der Waals surface area contributed by atoms with Crippen LogP contribution in [0, 0.1) is 3.57 Å². The Kier molecular flexibility index (Phi) is 4.59. The van der Waals surface area contributed by atoms with E-state index >= 15 is 0 Å². The minimum Gasteiger partial charge on any atom is -0.347 e. The number of halogens is 1. The molecule has 0 radical (unpaired) electrons. The van der Waals surface area contributed by atoms with E-state index in [1.165, 1.54) is 0 Å². The van der Waals surface area contributed by atoms with Crippen LogP contribution < -0.4 is 4.90 Å². The Morgan fingerprint density at radius 3 is 2.89 bits per heavy atom. The molecule has 0 aliphatic carbocycles. The van der Waals surface area contributed by atoms with Crippen molar-refractivity contribution in [2.75, 3.05) is 32.1 Å². The van der Waals surface area contributed by atoms with Crippen molar-refractivity contribution in [3.8, 4) is 0 Å². The lowest BCUT2D eigenvalue weighted by Crippen LogP contribution is -2.38. The summed E-state index contributed by atoms with van der Waals surface area (Å²) in [5, 5.41) is 0. The van der Waals surface area contributed by atoms with Crippen LogP contribution in [0.15, 0.2) is 6.20 Å². The summed E-state index contributed by atoms with van der Waals surface area (Å²) in [4.78, 5) is 24.3. The zero-order valence-electron chi connectivity index (χ0n) is 11.6. The molecule has 1 atom stereocenters. The second-order valence-corrected chi connectivity index (χ2v) is 6.26. The van der Waals surface area contributed by atoms with Gasteiger partial charge in [0.1, 0.15) is 0 Å². The SMILES string of the molecule is CC(=O)N1CCC[C@H](c2nc(N(C)C)ncc2I)C1. The molecule has 1 saturated heterocycles. The molecule has 0 N–H and O–H groups in total. The Morgan fingerprint density at radius 2 is 2.26 bits per heavy atom. The van der Waals surface area contributed by atoms with Gasteiger partial charge in [0.15, 0.2) is 0 Å². The summed E-state index contributed by atoms with van der Waals surface area (Å²) in [6.45, 7) is 3.28. The number of rotatable bonds is 2.